The predicted octanol–water partition coefficient (Wildman–Crippen LogP) is 2.43. The summed E-state index contributed by atoms with van der Waals surface area (Å²) in [4.78, 5) is 4.08. The fraction of sp³-hybridized carbons (Fsp3) is 0.0714. The number of benzene rings is 1. The molecule has 94 valence electrons. The average molecular weight is 252 g/mol. The van der Waals surface area contributed by atoms with Crippen LogP contribution in [-0.2, 0) is 0 Å². The Labute approximate surface area is 111 Å². The number of rotatable bonds is 4. The highest BCUT2D eigenvalue weighted by Crippen LogP contribution is 2.15. The van der Waals surface area contributed by atoms with Crippen LogP contribution in [0.2, 0.25) is 0 Å². The van der Waals surface area contributed by atoms with Crippen molar-refractivity contribution in [2.45, 2.75) is 0 Å². The molecule has 0 aliphatic rings. The number of hydrazone groups is 1. The van der Waals surface area contributed by atoms with Crippen molar-refractivity contribution < 1.29 is 4.74 Å². The van der Waals surface area contributed by atoms with Gasteiger partial charge in [-0.05, 0) is 36.4 Å². The van der Waals surface area contributed by atoms with Crippen molar-refractivity contribution in [1.29, 1.82) is 5.26 Å². The molecule has 0 unspecified atom stereocenters. The number of pyridine rings is 1. The van der Waals surface area contributed by atoms with E-state index >= 15 is 0 Å². The molecule has 0 aliphatic heterocycles. The second-order valence-electron chi connectivity index (χ2n) is 3.63. The van der Waals surface area contributed by atoms with Gasteiger partial charge in [-0.25, -0.2) is 0 Å². The monoisotopic (exact) mass is 252 g/mol. The Bertz CT molecular complexity index is 600. The molecule has 5 heteroatoms. The summed E-state index contributed by atoms with van der Waals surface area (Å²) in [7, 11) is 1.61. The van der Waals surface area contributed by atoms with Crippen LogP contribution in [0.4, 0.5) is 5.69 Å². The minimum atomic E-state index is 0.233. The first-order chi connectivity index (χ1) is 9.33. The quantitative estimate of drug-likeness (QED) is 0.670. The van der Waals surface area contributed by atoms with Crippen LogP contribution in [0.15, 0.2) is 53.8 Å². The van der Waals surface area contributed by atoms with Gasteiger partial charge in [0.1, 0.15) is 17.5 Å². The van der Waals surface area contributed by atoms with Gasteiger partial charge in [-0.1, -0.05) is 6.07 Å². The lowest BCUT2D eigenvalue weighted by molar-refractivity contribution is 0.415. The van der Waals surface area contributed by atoms with Gasteiger partial charge in [0, 0.05) is 6.20 Å². The first kappa shape index (κ1) is 12.6. The molecule has 2 rings (SSSR count). The Balaban J connectivity index is 2.14. The minimum Gasteiger partial charge on any atom is -0.497 e. The lowest BCUT2D eigenvalue weighted by Crippen LogP contribution is -2.03. The van der Waals surface area contributed by atoms with Crippen LogP contribution in [0.3, 0.4) is 0 Å². The predicted molar refractivity (Wildman–Crippen MR) is 73.0 cm³/mol. The number of nitrogens with zero attached hydrogens (tertiary/aromatic N) is 3. The van der Waals surface area contributed by atoms with Crippen molar-refractivity contribution >= 4 is 11.4 Å². The molecule has 1 aromatic heterocycles. The molecule has 5 nitrogen and oxygen atoms in total. The van der Waals surface area contributed by atoms with Crippen molar-refractivity contribution in [3.8, 4) is 11.8 Å². The number of methoxy groups -OCH3 is 1. The van der Waals surface area contributed by atoms with Gasteiger partial charge >= 0.3 is 0 Å². The molecule has 0 bridgehead atoms. The Morgan fingerprint density at radius 2 is 2.05 bits per heavy atom. The fourth-order valence-corrected chi connectivity index (χ4v) is 1.43. The highest BCUT2D eigenvalue weighted by Gasteiger charge is 2.02. The maximum atomic E-state index is 9.06. The first-order valence-corrected chi connectivity index (χ1v) is 5.63. The first-order valence-electron chi connectivity index (χ1n) is 5.63. The Kier molecular flexibility index (Phi) is 4.09. The van der Waals surface area contributed by atoms with Gasteiger partial charge < -0.3 is 4.74 Å². The van der Waals surface area contributed by atoms with E-state index in [0.29, 0.717) is 5.69 Å². The van der Waals surface area contributed by atoms with Crippen LogP contribution in [0.1, 0.15) is 5.69 Å². The lowest BCUT2D eigenvalue weighted by atomic mass is 10.2. The van der Waals surface area contributed by atoms with E-state index in [1.54, 1.807) is 25.4 Å². The molecule has 0 saturated carbocycles. The van der Waals surface area contributed by atoms with Gasteiger partial charge in [0.05, 0.1) is 12.8 Å². The Morgan fingerprint density at radius 1 is 1.26 bits per heavy atom. The maximum absolute atomic E-state index is 9.06. The third-order valence-corrected chi connectivity index (χ3v) is 2.40. The molecule has 1 heterocycles. The van der Waals surface area contributed by atoms with Crippen LogP contribution < -0.4 is 10.2 Å². The van der Waals surface area contributed by atoms with E-state index in [1.165, 1.54) is 0 Å². The zero-order valence-corrected chi connectivity index (χ0v) is 10.4. The summed E-state index contributed by atoms with van der Waals surface area (Å²) in [5.74, 6) is 0.764. The number of ether oxygens (including phenoxy) is 1. The van der Waals surface area contributed by atoms with Crippen LogP contribution in [0.25, 0.3) is 0 Å². The summed E-state index contributed by atoms with van der Waals surface area (Å²) in [5, 5.41) is 13.1. The molecule has 0 amide bonds. The van der Waals surface area contributed by atoms with E-state index < -0.39 is 0 Å². The van der Waals surface area contributed by atoms with Gasteiger partial charge in [-0.2, -0.15) is 10.4 Å². The third-order valence-electron chi connectivity index (χ3n) is 2.40. The summed E-state index contributed by atoms with van der Waals surface area (Å²) < 4.78 is 5.06. The highest BCUT2D eigenvalue weighted by molar-refractivity contribution is 6.10. The fourth-order valence-electron chi connectivity index (χ4n) is 1.43. The van der Waals surface area contributed by atoms with Gasteiger partial charge in [0.2, 0.25) is 0 Å². The largest absolute Gasteiger partial charge is 0.497 e. The molecule has 0 aliphatic carbocycles. The number of hydrogen-bond donors (Lipinski definition) is 1. The third kappa shape index (κ3) is 3.30. The highest BCUT2D eigenvalue weighted by atomic mass is 16.5. The van der Waals surface area contributed by atoms with E-state index in [-0.39, 0.29) is 5.71 Å². The van der Waals surface area contributed by atoms with Crippen molar-refractivity contribution in [1.82, 2.24) is 4.98 Å². The summed E-state index contributed by atoms with van der Waals surface area (Å²) in [6.45, 7) is 0. The van der Waals surface area contributed by atoms with Crippen LogP contribution >= 0.6 is 0 Å². The molecule has 1 N–H and O–H groups in total. The van der Waals surface area contributed by atoms with Crippen LogP contribution in [0, 0.1) is 11.3 Å². The van der Waals surface area contributed by atoms with E-state index in [0.717, 1.165) is 11.4 Å². The van der Waals surface area contributed by atoms with Crippen molar-refractivity contribution in [3.63, 3.8) is 0 Å². The van der Waals surface area contributed by atoms with E-state index in [4.69, 9.17) is 10.00 Å². The minimum absolute atomic E-state index is 0.233. The van der Waals surface area contributed by atoms with Gasteiger partial charge in [-0.15, -0.1) is 0 Å². The normalized spacial score (nSPS) is 10.6. The molecule has 2 aromatic rings. The number of nitrogens with one attached hydrogen (secondary N) is 1. The zero-order valence-electron chi connectivity index (χ0n) is 10.4. The SMILES string of the molecule is COc1ccc(N/N=C(/C#N)c2ccccn2)cc1. The molecule has 0 radical (unpaired) electrons. The second-order valence-corrected chi connectivity index (χ2v) is 3.63. The van der Waals surface area contributed by atoms with E-state index in [1.807, 2.05) is 36.4 Å². The molecule has 1 aromatic carbocycles. The lowest BCUT2D eigenvalue weighted by Gasteiger charge is -2.03. The maximum Gasteiger partial charge on any atom is 0.186 e. The summed E-state index contributed by atoms with van der Waals surface area (Å²) in [6.07, 6.45) is 1.62. The van der Waals surface area contributed by atoms with Crippen LogP contribution in [-0.4, -0.2) is 17.8 Å². The second kappa shape index (κ2) is 6.17. The van der Waals surface area contributed by atoms with Gasteiger partial charge in [0.25, 0.3) is 0 Å². The molecule has 0 fully saturated rings. The van der Waals surface area contributed by atoms with Crippen molar-refractivity contribution in [2.75, 3.05) is 12.5 Å². The number of hydrogen-bond acceptors (Lipinski definition) is 5. The Morgan fingerprint density at radius 3 is 2.63 bits per heavy atom. The average Bonchev–Trinajstić information content (AvgIpc) is 2.49. The molecular formula is C14H12N4O. The standard InChI is InChI=1S/C14H12N4O/c1-19-12-7-5-11(6-8-12)17-18-14(10-15)13-4-2-3-9-16-13/h2-9,17H,1H3/b18-14-. The topological polar surface area (TPSA) is 70.3 Å². The molecule has 19 heavy (non-hydrogen) atoms. The van der Waals surface area contributed by atoms with Crippen LogP contribution in [0.5, 0.6) is 5.75 Å². The van der Waals surface area contributed by atoms with Gasteiger partial charge in [-0.3, -0.25) is 10.4 Å². The zero-order chi connectivity index (χ0) is 13.5. The smallest absolute Gasteiger partial charge is 0.186 e. The number of nitriles is 1. The van der Waals surface area contributed by atoms with Crippen molar-refractivity contribution in [3.05, 3.63) is 54.4 Å². The summed E-state index contributed by atoms with van der Waals surface area (Å²) >= 11 is 0. The Hall–Kier alpha value is -2.87. The summed E-state index contributed by atoms with van der Waals surface area (Å²) in [5.41, 5.74) is 4.35. The number of anilines is 1. The number of aromatic nitrogens is 1. The molecule has 0 atom stereocenters. The van der Waals surface area contributed by atoms with Crippen molar-refractivity contribution in [2.24, 2.45) is 5.10 Å². The van der Waals surface area contributed by atoms with E-state index in [9.17, 15) is 0 Å². The molecular weight excluding hydrogens is 240 g/mol. The van der Waals surface area contributed by atoms with Gasteiger partial charge in [0.15, 0.2) is 5.71 Å². The molecule has 0 spiro atoms. The molecule has 0 saturated heterocycles. The summed E-state index contributed by atoms with van der Waals surface area (Å²) in [6, 6.07) is 14.6. The van der Waals surface area contributed by atoms with E-state index in [2.05, 4.69) is 15.5 Å².